The summed E-state index contributed by atoms with van der Waals surface area (Å²) >= 11 is 0. The lowest BCUT2D eigenvalue weighted by atomic mass is 10.00. The molecule has 12 atom stereocenters. The summed E-state index contributed by atoms with van der Waals surface area (Å²) in [4.78, 5) is 194. The van der Waals surface area contributed by atoms with Crippen LogP contribution in [-0.4, -0.2) is 219 Å². The summed E-state index contributed by atoms with van der Waals surface area (Å²) in [5, 5.41) is 63.7. The van der Waals surface area contributed by atoms with Gasteiger partial charge in [0.2, 0.25) is 65.0 Å². The van der Waals surface area contributed by atoms with Gasteiger partial charge in [-0.3, -0.25) is 72.3 Å². The number of aliphatic hydroxyl groups excluding tert-OH is 1. The lowest BCUT2D eigenvalue weighted by Crippen LogP contribution is -2.62. The van der Waals surface area contributed by atoms with Crippen LogP contribution in [0.1, 0.15) is 120 Å². The predicted octanol–water partition coefficient (Wildman–Crippen LogP) is -7.30. The van der Waals surface area contributed by atoms with Gasteiger partial charge in [-0.15, -0.1) is 0 Å². The van der Waals surface area contributed by atoms with Crippen LogP contribution >= 0.6 is 0 Å². The zero-order valence-electron chi connectivity index (χ0n) is 51.6. The predicted molar refractivity (Wildman–Crippen MR) is 317 cm³/mol. The number of amides is 11. The molecule has 0 aromatic rings. The lowest BCUT2D eigenvalue weighted by Gasteiger charge is -2.31. The molecule has 0 unspecified atom stereocenters. The minimum atomic E-state index is -1.89. The summed E-state index contributed by atoms with van der Waals surface area (Å²) in [5.41, 5.74) is 27.0. The van der Waals surface area contributed by atoms with E-state index in [-0.39, 0.29) is 82.4 Å². The van der Waals surface area contributed by atoms with E-state index in [0.29, 0.717) is 0 Å². The number of nitrogens with one attached hydrogen (secondary N) is 10. The van der Waals surface area contributed by atoms with E-state index in [9.17, 15) is 87.5 Å². The molecule has 0 aromatic carbocycles. The first kappa shape index (κ1) is 78.1. The summed E-state index contributed by atoms with van der Waals surface area (Å²) < 4.78 is 0. The third-order valence-electron chi connectivity index (χ3n) is 13.5. The Bertz CT molecular complexity index is 2570. The van der Waals surface area contributed by atoms with Crippen LogP contribution < -0.4 is 81.8 Å². The third kappa shape index (κ3) is 28.6. The topological polar surface area (TPSA) is 598 Å². The number of nitrogens with two attached hydrogens (primary N) is 5. The van der Waals surface area contributed by atoms with Crippen molar-refractivity contribution in [1.29, 1.82) is 0 Å². The van der Waals surface area contributed by atoms with Crippen molar-refractivity contribution < 1.29 is 87.5 Å². The van der Waals surface area contributed by atoms with E-state index in [1.165, 1.54) is 48.5 Å². The van der Waals surface area contributed by atoms with Crippen molar-refractivity contribution in [3.63, 3.8) is 0 Å². The number of aliphatic hydroxyl groups is 1. The number of hydrogen-bond acceptors (Lipinski definition) is 18. The second-order valence-electron chi connectivity index (χ2n) is 22.5. The van der Waals surface area contributed by atoms with Crippen molar-refractivity contribution in [3.8, 4) is 0 Å². The van der Waals surface area contributed by atoms with E-state index in [1.54, 1.807) is 13.8 Å². The van der Waals surface area contributed by atoms with Gasteiger partial charge in [0.1, 0.15) is 60.4 Å². The first-order chi connectivity index (χ1) is 41.4. The Hall–Kier alpha value is -8.96. The van der Waals surface area contributed by atoms with Gasteiger partial charge in [0, 0.05) is 19.6 Å². The minimum absolute atomic E-state index is 0.000243. The molecule has 0 saturated carbocycles. The highest BCUT2D eigenvalue weighted by atomic mass is 16.4. The summed E-state index contributed by atoms with van der Waals surface area (Å²) in [6, 6.07) is -16.6. The zero-order valence-corrected chi connectivity index (χ0v) is 51.6. The normalized spacial score (nSPS) is 16.5. The Balaban J connectivity index is 3.40. The van der Waals surface area contributed by atoms with E-state index in [2.05, 4.69) is 63.2 Å². The number of nitrogens with zero attached hydrogens (tertiary/aromatic N) is 3. The van der Waals surface area contributed by atoms with Crippen LogP contribution in [0.4, 0.5) is 0 Å². The van der Waals surface area contributed by atoms with Crippen LogP contribution in [-0.2, 0) is 67.1 Å². The molecule has 1 aliphatic rings. The van der Waals surface area contributed by atoms with E-state index in [4.69, 9.17) is 28.7 Å². The van der Waals surface area contributed by atoms with E-state index >= 15 is 0 Å². The average molecular weight is 1270 g/mol. The van der Waals surface area contributed by atoms with Crippen molar-refractivity contribution in [1.82, 2.24) is 58.1 Å². The van der Waals surface area contributed by atoms with Crippen LogP contribution in [0.15, 0.2) is 9.98 Å². The summed E-state index contributed by atoms with van der Waals surface area (Å²) in [6.45, 7) is 12.6. The highest BCUT2D eigenvalue weighted by Crippen LogP contribution is 2.20. The molecule has 502 valence electrons. The molecule has 0 aliphatic carbocycles. The second-order valence-corrected chi connectivity index (χ2v) is 22.5. The highest BCUT2D eigenvalue weighted by molar-refractivity contribution is 6.00. The molecular weight excluding hydrogens is 1180 g/mol. The smallest absolute Gasteiger partial charge is 0.326 e. The van der Waals surface area contributed by atoms with E-state index in [0.717, 1.165) is 4.90 Å². The van der Waals surface area contributed by atoms with Gasteiger partial charge in [0.15, 0.2) is 11.9 Å². The van der Waals surface area contributed by atoms with Crippen molar-refractivity contribution >= 4 is 94.8 Å². The summed E-state index contributed by atoms with van der Waals surface area (Å²) in [6.07, 6.45) is -3.76. The number of carbonyl (C=O) groups is 14. The fourth-order valence-electron chi connectivity index (χ4n) is 8.76. The fourth-order valence-corrected chi connectivity index (χ4v) is 8.76. The molecule has 36 nitrogen and oxygen atoms in total. The van der Waals surface area contributed by atoms with Crippen molar-refractivity contribution in [2.45, 2.75) is 193 Å². The SMILES string of the molecule is CC(C)C[C@H](NC(=O)CNC(=O)[C@H](C)N)C(=O)N[C@H](C(=O)N[C@H](C(=O)N[C@@H](CCCN=C(N)N)C(=O)N[C@@H](CC(=O)O)C(=O)N1CCC[C@H]1C(=O)N[C@@H](C)C(=O)N[C@H](C(=O)N[C@@H](CC(=O)O)C(=O)N[C@@H](CCCN=C(N)N)C(=O)O)C(C)C)C(C)C)[C@@H](C)O. The van der Waals surface area contributed by atoms with Gasteiger partial charge in [-0.05, 0) is 83.5 Å². The number of carboxylic acids is 3. The van der Waals surface area contributed by atoms with E-state index in [1.807, 2.05) is 0 Å². The number of aliphatic imine (C=N–C) groups is 2. The molecule has 1 aliphatic heterocycles. The van der Waals surface area contributed by atoms with Crippen LogP contribution in [0.5, 0.6) is 0 Å². The molecule has 89 heavy (non-hydrogen) atoms. The molecule has 0 spiro atoms. The number of guanidine groups is 2. The number of hydrogen-bond donors (Lipinski definition) is 19. The molecule has 0 radical (unpaired) electrons. The van der Waals surface area contributed by atoms with E-state index < -0.39 is 187 Å². The first-order valence-electron chi connectivity index (χ1n) is 28.9. The molecule has 0 bridgehead atoms. The van der Waals surface area contributed by atoms with Gasteiger partial charge in [-0.25, -0.2) is 4.79 Å². The van der Waals surface area contributed by atoms with Gasteiger partial charge in [-0.2, -0.15) is 0 Å². The molecule has 1 rings (SSSR count). The third-order valence-corrected chi connectivity index (χ3v) is 13.5. The molecule has 36 heteroatoms. The van der Waals surface area contributed by atoms with Gasteiger partial charge in [-0.1, -0.05) is 41.5 Å². The maximum Gasteiger partial charge on any atom is 0.326 e. The standard InChI is InChI=1S/C53H92N18O18/c1-23(2)19-31(63-35(73)22-61-41(78)26(7)54)45(82)70-40(28(9)72)49(86)69-39(25(5)6)47(84)64-29(13-10-16-59-52(55)56)43(80)67-33(21-37(76)77)50(87)71-18-12-15-34(71)46(83)62-27(8)42(79)68-38(24(3)4)48(85)66-32(20-36(74)75)44(81)65-30(51(88)89)14-11-17-60-53(57)58/h23-34,38-40,72H,10-22,54H2,1-9H3,(H,61,78)(H,62,83)(H,63,73)(H,64,84)(H,65,81)(H,66,85)(H,67,80)(H,68,79)(H,69,86)(H,70,82)(H,74,75)(H,76,77)(H,88,89)(H4,55,56,59)(H4,57,58,60)/t26-,27-,28+,29-,30-,31-,32-,33-,34-,38-,39-,40-/m0/s1. The van der Waals surface area contributed by atoms with Gasteiger partial charge < -0.3 is 107 Å². The first-order valence-corrected chi connectivity index (χ1v) is 28.9. The Kier molecular flexibility index (Phi) is 33.6. The van der Waals surface area contributed by atoms with Crippen molar-refractivity contribution in [2.24, 2.45) is 56.4 Å². The number of likely N-dealkylation sites (tertiary alicyclic amines) is 1. The second kappa shape index (κ2) is 38.3. The minimum Gasteiger partial charge on any atom is -0.481 e. The maximum absolute atomic E-state index is 14.3. The number of carboxylic acid groups (broad SMARTS) is 3. The van der Waals surface area contributed by atoms with Gasteiger partial charge in [0.25, 0.3) is 0 Å². The Labute approximate surface area is 514 Å². The molecule has 1 heterocycles. The number of carbonyl (C=O) groups excluding carboxylic acids is 11. The number of rotatable bonds is 39. The average Bonchev–Trinajstić information content (AvgIpc) is 1.97. The van der Waals surface area contributed by atoms with Gasteiger partial charge >= 0.3 is 17.9 Å². The fraction of sp³-hybridized carbons (Fsp3) is 0.698. The van der Waals surface area contributed by atoms with Gasteiger partial charge in [0.05, 0.1) is 31.5 Å². The molecule has 11 amide bonds. The summed E-state index contributed by atoms with van der Waals surface area (Å²) in [7, 11) is 0. The Morgan fingerprint density at radius 2 is 0.955 bits per heavy atom. The summed E-state index contributed by atoms with van der Waals surface area (Å²) in [5.74, 6) is -17.5. The molecule has 0 aromatic heterocycles. The van der Waals surface area contributed by atoms with Crippen molar-refractivity contribution in [3.05, 3.63) is 0 Å². The molecule has 1 fully saturated rings. The molecule has 24 N–H and O–H groups in total. The Morgan fingerprint density at radius 1 is 0.517 bits per heavy atom. The van der Waals surface area contributed by atoms with Crippen LogP contribution in [0.2, 0.25) is 0 Å². The monoisotopic (exact) mass is 1270 g/mol. The quantitative estimate of drug-likeness (QED) is 0.0154. The Morgan fingerprint density at radius 3 is 1.43 bits per heavy atom. The molecular formula is C53H92N18O18. The lowest BCUT2D eigenvalue weighted by molar-refractivity contribution is -0.146. The highest BCUT2D eigenvalue weighted by Gasteiger charge is 2.42. The van der Waals surface area contributed by atoms with Crippen LogP contribution in [0.3, 0.4) is 0 Å². The van der Waals surface area contributed by atoms with Crippen LogP contribution in [0, 0.1) is 17.8 Å². The molecule has 1 saturated heterocycles. The van der Waals surface area contributed by atoms with Crippen molar-refractivity contribution in [2.75, 3.05) is 26.2 Å². The maximum atomic E-state index is 14.3. The largest absolute Gasteiger partial charge is 0.481 e. The van der Waals surface area contributed by atoms with Crippen LogP contribution in [0.25, 0.3) is 0 Å². The number of aliphatic carboxylic acids is 3. The zero-order chi connectivity index (χ0) is 68.2.